The van der Waals surface area contributed by atoms with Crippen molar-refractivity contribution in [3.8, 4) is 0 Å². The van der Waals surface area contributed by atoms with Crippen molar-refractivity contribution >= 4 is 45.7 Å². The highest BCUT2D eigenvalue weighted by molar-refractivity contribution is 14.1. The van der Waals surface area contributed by atoms with Crippen molar-refractivity contribution in [3.63, 3.8) is 0 Å². The van der Waals surface area contributed by atoms with Gasteiger partial charge in [-0.15, -0.1) is 0 Å². The van der Waals surface area contributed by atoms with Crippen molar-refractivity contribution in [2.75, 3.05) is 6.54 Å². The molecule has 0 aromatic heterocycles. The van der Waals surface area contributed by atoms with Crippen LogP contribution in [0.15, 0.2) is 24.3 Å². The number of benzene rings is 1. The first-order chi connectivity index (χ1) is 8.41. The minimum Gasteiger partial charge on any atom is -0.393 e. The number of rotatable bonds is 5. The maximum atomic E-state index is 12.4. The first-order valence-corrected chi connectivity index (χ1v) is 7.25. The molecule has 0 aliphatic rings. The van der Waals surface area contributed by atoms with Gasteiger partial charge in [-0.05, 0) is 54.6 Å². The van der Waals surface area contributed by atoms with E-state index in [1.807, 2.05) is 38.1 Å². The third-order valence-corrected chi connectivity index (χ3v) is 3.43. The average Bonchev–Trinajstić information content (AvgIpc) is 2.28. The average molecular weight is 376 g/mol. The van der Waals surface area contributed by atoms with Crippen LogP contribution in [0.4, 0.5) is 0 Å². The molecule has 0 heterocycles. The Morgan fingerprint density at radius 2 is 2.17 bits per heavy atom. The Kier molecular flexibility index (Phi) is 6.01. The fraction of sp³-hybridized carbons (Fsp3) is 0.385. The van der Waals surface area contributed by atoms with E-state index in [0.717, 1.165) is 3.57 Å². The molecule has 1 amide bonds. The molecular weight excluding hydrogens is 359 g/mol. The molecule has 0 atom stereocenters. The lowest BCUT2D eigenvalue weighted by Crippen LogP contribution is -2.39. The summed E-state index contributed by atoms with van der Waals surface area (Å²) >= 11 is 7.06. The molecule has 0 radical (unpaired) electrons. The summed E-state index contributed by atoms with van der Waals surface area (Å²) in [5, 5.41) is 0. The third kappa shape index (κ3) is 4.53. The number of halogens is 1. The van der Waals surface area contributed by atoms with Gasteiger partial charge in [0.15, 0.2) is 0 Å². The number of carbonyl (C=O) groups excluding carboxylic acids is 1. The summed E-state index contributed by atoms with van der Waals surface area (Å²) in [6.07, 6.45) is 0.559. The Morgan fingerprint density at radius 3 is 2.67 bits per heavy atom. The van der Waals surface area contributed by atoms with Crippen LogP contribution in [0.2, 0.25) is 0 Å². The van der Waals surface area contributed by atoms with Gasteiger partial charge in [-0.2, -0.15) is 0 Å². The Balaban J connectivity index is 2.85. The van der Waals surface area contributed by atoms with E-state index in [0.29, 0.717) is 23.5 Å². The van der Waals surface area contributed by atoms with Crippen LogP contribution in [-0.2, 0) is 0 Å². The zero-order valence-electron chi connectivity index (χ0n) is 10.5. The number of carbonyl (C=O) groups is 1. The molecule has 1 aromatic carbocycles. The topological polar surface area (TPSA) is 46.3 Å². The highest BCUT2D eigenvalue weighted by Gasteiger charge is 2.18. The summed E-state index contributed by atoms with van der Waals surface area (Å²) in [7, 11) is 0. The number of amides is 1. The Hall–Kier alpha value is -0.690. The molecule has 3 nitrogen and oxygen atoms in total. The molecule has 0 aliphatic carbocycles. The quantitative estimate of drug-likeness (QED) is 0.635. The highest BCUT2D eigenvalue weighted by atomic mass is 127. The van der Waals surface area contributed by atoms with E-state index in [1.165, 1.54) is 0 Å². The van der Waals surface area contributed by atoms with Crippen molar-refractivity contribution in [1.82, 2.24) is 4.90 Å². The summed E-state index contributed by atoms with van der Waals surface area (Å²) < 4.78 is 1.05. The number of hydrogen-bond donors (Lipinski definition) is 1. The monoisotopic (exact) mass is 376 g/mol. The van der Waals surface area contributed by atoms with Crippen molar-refractivity contribution < 1.29 is 4.79 Å². The maximum Gasteiger partial charge on any atom is 0.254 e. The predicted octanol–water partition coefficient (Wildman–Crippen LogP) is 2.82. The van der Waals surface area contributed by atoms with Crippen LogP contribution in [0.5, 0.6) is 0 Å². The molecule has 0 spiro atoms. The van der Waals surface area contributed by atoms with Gasteiger partial charge in [0.25, 0.3) is 5.91 Å². The molecule has 5 heteroatoms. The smallest absolute Gasteiger partial charge is 0.254 e. The standard InChI is InChI=1S/C13H17IN2OS/c1-9(2)16(7-6-12(15)18)13(17)10-4-3-5-11(14)8-10/h3-5,8-9H,6-7H2,1-2H3,(H2,15,18). The molecule has 18 heavy (non-hydrogen) atoms. The van der Waals surface area contributed by atoms with Crippen molar-refractivity contribution in [2.24, 2.45) is 5.73 Å². The van der Waals surface area contributed by atoms with E-state index in [1.54, 1.807) is 4.90 Å². The van der Waals surface area contributed by atoms with Gasteiger partial charge in [0.2, 0.25) is 0 Å². The molecule has 0 fully saturated rings. The van der Waals surface area contributed by atoms with Crippen LogP contribution in [0, 0.1) is 3.57 Å². The lowest BCUT2D eigenvalue weighted by Gasteiger charge is -2.26. The molecule has 2 N–H and O–H groups in total. The SMILES string of the molecule is CC(C)N(CCC(N)=S)C(=O)c1cccc(I)c1. The van der Waals surface area contributed by atoms with Gasteiger partial charge in [-0.25, -0.2) is 0 Å². The van der Waals surface area contributed by atoms with Crippen molar-refractivity contribution in [3.05, 3.63) is 33.4 Å². The molecule has 0 saturated carbocycles. The van der Waals surface area contributed by atoms with Crippen LogP contribution < -0.4 is 5.73 Å². The van der Waals surface area contributed by atoms with Gasteiger partial charge >= 0.3 is 0 Å². The molecule has 0 unspecified atom stereocenters. The van der Waals surface area contributed by atoms with Crippen LogP contribution in [-0.4, -0.2) is 28.4 Å². The van der Waals surface area contributed by atoms with E-state index in [9.17, 15) is 4.79 Å². The van der Waals surface area contributed by atoms with Gasteiger partial charge in [0, 0.05) is 28.1 Å². The first kappa shape index (κ1) is 15.4. The molecule has 1 rings (SSSR count). The van der Waals surface area contributed by atoms with Gasteiger partial charge in [0.1, 0.15) is 0 Å². The van der Waals surface area contributed by atoms with Crippen LogP contribution in [0.3, 0.4) is 0 Å². The molecular formula is C13H17IN2OS. The van der Waals surface area contributed by atoms with E-state index >= 15 is 0 Å². The second kappa shape index (κ2) is 7.04. The zero-order valence-corrected chi connectivity index (χ0v) is 13.5. The van der Waals surface area contributed by atoms with Crippen LogP contribution in [0.25, 0.3) is 0 Å². The molecule has 98 valence electrons. The summed E-state index contributed by atoms with van der Waals surface area (Å²) in [6, 6.07) is 7.71. The van der Waals surface area contributed by atoms with Crippen LogP contribution in [0.1, 0.15) is 30.6 Å². The summed E-state index contributed by atoms with van der Waals surface area (Å²) in [6.45, 7) is 4.55. The first-order valence-electron chi connectivity index (χ1n) is 5.76. The van der Waals surface area contributed by atoms with E-state index < -0.39 is 0 Å². The van der Waals surface area contributed by atoms with Gasteiger partial charge in [-0.1, -0.05) is 18.3 Å². The molecule has 0 saturated heterocycles. The number of nitrogens with zero attached hydrogens (tertiary/aromatic N) is 1. The number of nitrogens with two attached hydrogens (primary N) is 1. The van der Waals surface area contributed by atoms with Crippen molar-refractivity contribution in [1.29, 1.82) is 0 Å². The zero-order chi connectivity index (χ0) is 13.7. The minimum absolute atomic E-state index is 0.0276. The van der Waals surface area contributed by atoms with E-state index in [-0.39, 0.29) is 11.9 Å². The second-order valence-electron chi connectivity index (χ2n) is 4.32. The fourth-order valence-corrected chi connectivity index (χ4v) is 2.25. The largest absolute Gasteiger partial charge is 0.393 e. The Bertz CT molecular complexity index is 448. The normalized spacial score (nSPS) is 10.4. The fourth-order valence-electron chi connectivity index (χ4n) is 1.61. The van der Waals surface area contributed by atoms with E-state index in [2.05, 4.69) is 22.6 Å². The third-order valence-electron chi connectivity index (χ3n) is 2.55. The summed E-state index contributed by atoms with van der Waals surface area (Å²) in [5.41, 5.74) is 6.20. The lowest BCUT2D eigenvalue weighted by molar-refractivity contribution is 0.0711. The van der Waals surface area contributed by atoms with Gasteiger partial charge in [-0.3, -0.25) is 4.79 Å². The van der Waals surface area contributed by atoms with Gasteiger partial charge < -0.3 is 10.6 Å². The maximum absolute atomic E-state index is 12.4. The molecule has 0 aliphatic heterocycles. The molecule has 0 bridgehead atoms. The van der Waals surface area contributed by atoms with Crippen LogP contribution >= 0.6 is 34.8 Å². The minimum atomic E-state index is 0.0276. The summed E-state index contributed by atoms with van der Waals surface area (Å²) in [5.74, 6) is 0.0276. The predicted molar refractivity (Wildman–Crippen MR) is 86.7 cm³/mol. The van der Waals surface area contributed by atoms with E-state index in [4.69, 9.17) is 18.0 Å². The Morgan fingerprint density at radius 1 is 1.50 bits per heavy atom. The highest BCUT2D eigenvalue weighted by Crippen LogP contribution is 2.12. The molecule has 1 aromatic rings. The summed E-state index contributed by atoms with van der Waals surface area (Å²) in [4.78, 5) is 14.6. The number of thiocarbonyl (C=S) groups is 1. The van der Waals surface area contributed by atoms with Crippen molar-refractivity contribution in [2.45, 2.75) is 26.3 Å². The Labute approximate surface area is 127 Å². The second-order valence-corrected chi connectivity index (χ2v) is 6.09. The van der Waals surface area contributed by atoms with Gasteiger partial charge in [0.05, 0.1) is 4.99 Å². The lowest BCUT2D eigenvalue weighted by atomic mass is 10.1. The number of hydrogen-bond acceptors (Lipinski definition) is 2.